The molecule has 0 heterocycles. The van der Waals surface area contributed by atoms with Crippen LogP contribution in [0.15, 0.2) is 41.8 Å². The van der Waals surface area contributed by atoms with E-state index >= 15 is 0 Å². The SMILES string of the molecule is C=CCCC1(OC(=O)CN(C)S(=O)(=O)c2ccc([N+](=O)[O-])cc2)CCCC1. The number of esters is 1. The fourth-order valence-corrected chi connectivity index (χ4v) is 4.36. The summed E-state index contributed by atoms with van der Waals surface area (Å²) in [6, 6.07) is 4.53. The zero-order valence-electron chi connectivity index (χ0n) is 15.3. The van der Waals surface area contributed by atoms with Crippen molar-refractivity contribution in [3.05, 3.63) is 47.0 Å². The van der Waals surface area contributed by atoms with Gasteiger partial charge in [-0.1, -0.05) is 6.08 Å². The maximum absolute atomic E-state index is 12.6. The van der Waals surface area contributed by atoms with E-state index in [0.717, 1.165) is 60.7 Å². The topological polar surface area (TPSA) is 107 Å². The first-order valence-corrected chi connectivity index (χ1v) is 10.2. The molecule has 148 valence electrons. The number of hydrogen-bond donors (Lipinski definition) is 0. The van der Waals surface area contributed by atoms with Gasteiger partial charge >= 0.3 is 5.97 Å². The Morgan fingerprint density at radius 3 is 2.44 bits per heavy atom. The summed E-state index contributed by atoms with van der Waals surface area (Å²) in [6.07, 6.45) is 6.67. The molecule has 2 rings (SSSR count). The molecule has 0 bridgehead atoms. The highest BCUT2D eigenvalue weighted by Crippen LogP contribution is 2.37. The van der Waals surface area contributed by atoms with E-state index in [-0.39, 0.29) is 10.6 Å². The average Bonchev–Trinajstić information content (AvgIpc) is 3.08. The number of likely N-dealkylation sites (N-methyl/N-ethyl adjacent to an activating group) is 1. The maximum Gasteiger partial charge on any atom is 0.321 e. The molecule has 1 aromatic rings. The van der Waals surface area contributed by atoms with Crippen LogP contribution in [0.3, 0.4) is 0 Å². The number of carbonyl (C=O) groups is 1. The monoisotopic (exact) mass is 396 g/mol. The van der Waals surface area contributed by atoms with Crippen LogP contribution in [0, 0.1) is 10.1 Å². The summed E-state index contributed by atoms with van der Waals surface area (Å²) < 4.78 is 31.7. The highest BCUT2D eigenvalue weighted by molar-refractivity contribution is 7.89. The molecule has 8 nitrogen and oxygen atoms in total. The molecule has 1 fully saturated rings. The highest BCUT2D eigenvalue weighted by Gasteiger charge is 2.37. The zero-order valence-corrected chi connectivity index (χ0v) is 16.1. The molecule has 0 aromatic heterocycles. The van der Waals surface area contributed by atoms with Crippen LogP contribution in [0.2, 0.25) is 0 Å². The number of benzene rings is 1. The van der Waals surface area contributed by atoms with E-state index in [9.17, 15) is 23.3 Å². The Balaban J connectivity index is 2.05. The quantitative estimate of drug-likeness (QED) is 0.275. The number of nitro groups is 1. The number of allylic oxidation sites excluding steroid dienone is 1. The smallest absolute Gasteiger partial charge is 0.321 e. The number of nitro benzene ring substituents is 1. The number of non-ortho nitro benzene ring substituents is 1. The predicted octanol–water partition coefficient (Wildman–Crippen LogP) is 3.04. The van der Waals surface area contributed by atoms with Crippen LogP contribution < -0.4 is 0 Å². The van der Waals surface area contributed by atoms with Crippen molar-refractivity contribution in [3.8, 4) is 0 Å². The number of sulfonamides is 1. The van der Waals surface area contributed by atoms with Gasteiger partial charge in [-0.3, -0.25) is 14.9 Å². The van der Waals surface area contributed by atoms with Gasteiger partial charge in [0, 0.05) is 19.2 Å². The van der Waals surface area contributed by atoms with Gasteiger partial charge < -0.3 is 4.74 Å². The molecular weight excluding hydrogens is 372 g/mol. The minimum Gasteiger partial charge on any atom is -0.458 e. The van der Waals surface area contributed by atoms with E-state index in [1.165, 1.54) is 7.05 Å². The number of nitrogens with zero attached hydrogens (tertiary/aromatic N) is 2. The third-order valence-electron chi connectivity index (χ3n) is 4.76. The van der Waals surface area contributed by atoms with Crippen molar-refractivity contribution in [1.82, 2.24) is 4.31 Å². The lowest BCUT2D eigenvalue weighted by atomic mass is 9.95. The second-order valence-electron chi connectivity index (χ2n) is 6.70. The summed E-state index contributed by atoms with van der Waals surface area (Å²) in [5.74, 6) is -0.603. The van der Waals surface area contributed by atoms with Crippen LogP contribution in [0.5, 0.6) is 0 Å². The molecule has 0 aliphatic heterocycles. The van der Waals surface area contributed by atoms with Crippen LogP contribution in [-0.4, -0.2) is 42.8 Å². The van der Waals surface area contributed by atoms with E-state index in [0.29, 0.717) is 6.42 Å². The van der Waals surface area contributed by atoms with Crippen molar-refractivity contribution < 1.29 is 22.9 Å². The lowest BCUT2D eigenvalue weighted by Crippen LogP contribution is -2.38. The van der Waals surface area contributed by atoms with Gasteiger partial charge in [-0.25, -0.2) is 8.42 Å². The summed E-state index contributed by atoms with van der Waals surface area (Å²) in [4.78, 5) is 22.3. The largest absolute Gasteiger partial charge is 0.458 e. The Labute approximate surface area is 159 Å². The van der Waals surface area contributed by atoms with Gasteiger partial charge in [-0.2, -0.15) is 4.31 Å². The van der Waals surface area contributed by atoms with E-state index in [1.54, 1.807) is 6.08 Å². The average molecular weight is 396 g/mol. The molecule has 9 heteroatoms. The van der Waals surface area contributed by atoms with Crippen LogP contribution in [0.25, 0.3) is 0 Å². The lowest BCUT2D eigenvalue weighted by molar-refractivity contribution is -0.384. The Morgan fingerprint density at radius 1 is 1.33 bits per heavy atom. The fraction of sp³-hybridized carbons (Fsp3) is 0.500. The van der Waals surface area contributed by atoms with Crippen molar-refractivity contribution in [2.75, 3.05) is 13.6 Å². The third-order valence-corrected chi connectivity index (χ3v) is 6.57. The number of hydrogen-bond acceptors (Lipinski definition) is 6. The molecule has 0 spiro atoms. The molecule has 0 amide bonds. The summed E-state index contributed by atoms with van der Waals surface area (Å²) in [5, 5.41) is 10.7. The lowest BCUT2D eigenvalue weighted by Gasteiger charge is -2.29. The second-order valence-corrected chi connectivity index (χ2v) is 8.75. The van der Waals surface area contributed by atoms with Gasteiger partial charge in [0.2, 0.25) is 10.0 Å². The zero-order chi connectivity index (χ0) is 20.1. The molecule has 0 N–H and O–H groups in total. The number of ether oxygens (including phenoxy) is 1. The first-order valence-electron chi connectivity index (χ1n) is 8.74. The van der Waals surface area contributed by atoms with Gasteiger partial charge in [-0.15, -0.1) is 6.58 Å². The van der Waals surface area contributed by atoms with E-state index in [2.05, 4.69) is 6.58 Å². The molecule has 27 heavy (non-hydrogen) atoms. The normalized spacial score (nSPS) is 16.2. The van der Waals surface area contributed by atoms with Crippen LogP contribution >= 0.6 is 0 Å². The molecule has 0 atom stereocenters. The number of rotatable bonds is 9. The molecule has 0 unspecified atom stereocenters. The van der Waals surface area contributed by atoms with E-state index < -0.39 is 33.1 Å². The van der Waals surface area contributed by atoms with Crippen molar-refractivity contribution in [1.29, 1.82) is 0 Å². The van der Waals surface area contributed by atoms with Crippen molar-refractivity contribution >= 4 is 21.7 Å². The van der Waals surface area contributed by atoms with Crippen LogP contribution in [0.4, 0.5) is 5.69 Å². The molecule has 1 aliphatic carbocycles. The highest BCUT2D eigenvalue weighted by atomic mass is 32.2. The van der Waals surface area contributed by atoms with Gasteiger partial charge in [0.15, 0.2) is 0 Å². The van der Waals surface area contributed by atoms with Crippen LogP contribution in [0.1, 0.15) is 38.5 Å². The van der Waals surface area contributed by atoms with Gasteiger partial charge in [0.25, 0.3) is 5.69 Å². The van der Waals surface area contributed by atoms with Crippen molar-refractivity contribution in [2.45, 2.75) is 49.0 Å². The fourth-order valence-electron chi connectivity index (χ4n) is 3.25. The first kappa shape index (κ1) is 21.0. The third kappa shape index (κ3) is 5.14. The van der Waals surface area contributed by atoms with Gasteiger partial charge in [0.1, 0.15) is 12.1 Å². The van der Waals surface area contributed by atoms with Crippen molar-refractivity contribution in [3.63, 3.8) is 0 Å². The van der Waals surface area contributed by atoms with E-state index in [4.69, 9.17) is 4.74 Å². The predicted molar refractivity (Wildman–Crippen MR) is 99.6 cm³/mol. The maximum atomic E-state index is 12.6. The first-order chi connectivity index (χ1) is 12.7. The van der Waals surface area contributed by atoms with E-state index in [1.807, 2.05) is 0 Å². The van der Waals surface area contributed by atoms with Crippen molar-refractivity contribution in [2.24, 2.45) is 0 Å². The Hall–Kier alpha value is -2.26. The molecule has 1 aliphatic rings. The Bertz CT molecular complexity index is 798. The minimum absolute atomic E-state index is 0.120. The summed E-state index contributed by atoms with van der Waals surface area (Å²) in [7, 11) is -2.67. The molecule has 0 saturated heterocycles. The summed E-state index contributed by atoms with van der Waals surface area (Å²) in [6.45, 7) is 3.27. The summed E-state index contributed by atoms with van der Waals surface area (Å²) >= 11 is 0. The minimum atomic E-state index is -3.95. The molecule has 0 radical (unpaired) electrons. The van der Waals surface area contributed by atoms with Gasteiger partial charge in [0.05, 0.1) is 9.82 Å². The Kier molecular flexibility index (Phi) is 6.72. The molecular formula is C18H24N2O6S. The Morgan fingerprint density at radius 2 is 1.93 bits per heavy atom. The molecule has 1 aromatic carbocycles. The standard InChI is InChI=1S/C18H24N2O6S/c1-3-4-11-18(12-5-6-13-18)26-17(21)14-19(2)27(24,25)16-9-7-15(8-10-16)20(22)23/h3,7-10H,1,4-6,11-14H2,2H3. The second kappa shape index (κ2) is 8.62. The number of carbonyl (C=O) groups excluding carboxylic acids is 1. The molecule has 1 saturated carbocycles. The van der Waals surface area contributed by atoms with Crippen LogP contribution in [-0.2, 0) is 19.6 Å². The van der Waals surface area contributed by atoms with Gasteiger partial charge in [-0.05, 0) is 50.7 Å². The summed E-state index contributed by atoms with van der Waals surface area (Å²) in [5.41, 5.74) is -0.745.